The van der Waals surface area contributed by atoms with Gasteiger partial charge in [0.1, 0.15) is 18.2 Å². The second-order valence-corrected chi connectivity index (χ2v) is 12.2. The minimum absolute atomic E-state index is 0.0803. The summed E-state index contributed by atoms with van der Waals surface area (Å²) in [4.78, 5) is 41.3. The predicted octanol–water partition coefficient (Wildman–Crippen LogP) is 5.66. The van der Waals surface area contributed by atoms with E-state index in [0.29, 0.717) is 38.6 Å². The number of aliphatic hydroxyl groups is 1. The van der Waals surface area contributed by atoms with Crippen LogP contribution in [0.25, 0.3) is 0 Å². The maximum atomic E-state index is 13.6. The Kier molecular flexibility index (Phi) is 14.3. The van der Waals surface area contributed by atoms with Gasteiger partial charge in [0, 0.05) is 32.2 Å². The number of aliphatic carboxylic acids is 1. The molecule has 2 heterocycles. The average Bonchev–Trinajstić information content (AvgIpc) is 3.40. The fourth-order valence-corrected chi connectivity index (χ4v) is 5.47. The molecule has 1 atom stereocenters. The molecule has 4 rings (SSSR count). The maximum absolute atomic E-state index is 13.6. The zero-order chi connectivity index (χ0) is 33.6. The Balaban J connectivity index is 0.000000875. The maximum Gasteiger partial charge on any atom is 0.410 e. The van der Waals surface area contributed by atoms with Crippen molar-refractivity contribution in [1.29, 1.82) is 0 Å². The molecule has 2 aliphatic rings. The lowest BCUT2D eigenvalue weighted by molar-refractivity contribution is -0.136. The van der Waals surface area contributed by atoms with Gasteiger partial charge in [0.25, 0.3) is 0 Å². The Labute approximate surface area is 271 Å². The number of halogens is 1. The number of hydrogen-bond acceptors (Lipinski definition) is 7. The Morgan fingerprint density at radius 3 is 2.22 bits per heavy atom. The highest BCUT2D eigenvalue weighted by atomic mass is 19.1. The summed E-state index contributed by atoms with van der Waals surface area (Å²) in [5.41, 5.74) is 1.88. The molecule has 10 nitrogen and oxygen atoms in total. The van der Waals surface area contributed by atoms with Crippen LogP contribution in [-0.4, -0.2) is 94.4 Å². The number of hydrogen-bond donors (Lipinski definition) is 2. The van der Waals surface area contributed by atoms with Crippen molar-refractivity contribution < 1.29 is 38.5 Å². The van der Waals surface area contributed by atoms with Gasteiger partial charge in [0.05, 0.1) is 19.1 Å². The van der Waals surface area contributed by atoms with Crippen molar-refractivity contribution in [1.82, 2.24) is 14.7 Å². The first-order chi connectivity index (χ1) is 22.0. The van der Waals surface area contributed by atoms with Gasteiger partial charge in [-0.25, -0.2) is 14.0 Å². The van der Waals surface area contributed by atoms with Gasteiger partial charge in [0.2, 0.25) is 5.91 Å². The molecule has 2 fully saturated rings. The van der Waals surface area contributed by atoms with Crippen LogP contribution in [0, 0.1) is 11.7 Å². The van der Waals surface area contributed by atoms with Crippen molar-refractivity contribution in [3.8, 4) is 5.75 Å². The quantitative estimate of drug-likeness (QED) is 0.200. The van der Waals surface area contributed by atoms with E-state index in [9.17, 15) is 18.8 Å². The molecule has 46 heavy (non-hydrogen) atoms. The Morgan fingerprint density at radius 1 is 1.04 bits per heavy atom. The van der Waals surface area contributed by atoms with Crippen molar-refractivity contribution in [2.75, 3.05) is 39.4 Å². The van der Waals surface area contributed by atoms with E-state index in [1.807, 2.05) is 34.1 Å². The van der Waals surface area contributed by atoms with Gasteiger partial charge >= 0.3 is 12.1 Å². The molecule has 252 valence electrons. The largest absolute Gasteiger partial charge is 0.502 e. The fourth-order valence-electron chi connectivity index (χ4n) is 5.47. The first-order valence-corrected chi connectivity index (χ1v) is 16.0. The highest BCUT2D eigenvalue weighted by molar-refractivity contribution is 5.82. The topological polar surface area (TPSA) is 120 Å². The number of benzene rings is 2. The second kappa shape index (κ2) is 18.1. The van der Waals surface area contributed by atoms with Crippen LogP contribution in [0.4, 0.5) is 9.18 Å². The zero-order valence-corrected chi connectivity index (χ0v) is 27.2. The number of cyclic esters (lactones) is 1. The molecule has 0 aromatic heterocycles. The highest BCUT2D eigenvalue weighted by Gasteiger charge is 2.32. The molecule has 0 spiro atoms. The van der Waals surface area contributed by atoms with E-state index < -0.39 is 11.7 Å². The Hall–Kier alpha value is -4.12. The van der Waals surface area contributed by atoms with Gasteiger partial charge < -0.3 is 34.4 Å². The number of carbonyl (C=O) groups is 3. The van der Waals surface area contributed by atoms with Crippen LogP contribution in [-0.2, 0) is 27.3 Å². The molecule has 0 radical (unpaired) electrons. The monoisotopic (exact) mass is 641 g/mol. The molecular formula is C35H48FN3O7. The Morgan fingerprint density at radius 2 is 1.65 bits per heavy atom. The minimum atomic E-state index is -1.38. The van der Waals surface area contributed by atoms with Crippen LogP contribution >= 0.6 is 0 Å². The van der Waals surface area contributed by atoms with Crippen molar-refractivity contribution in [2.45, 2.75) is 71.5 Å². The van der Waals surface area contributed by atoms with E-state index in [1.165, 1.54) is 12.1 Å². The van der Waals surface area contributed by atoms with Gasteiger partial charge in [-0.15, -0.1) is 0 Å². The number of amides is 2. The number of rotatable bonds is 14. The lowest BCUT2D eigenvalue weighted by Crippen LogP contribution is -2.48. The summed E-state index contributed by atoms with van der Waals surface area (Å²) in [6.45, 7) is 14.1. The summed E-state index contributed by atoms with van der Waals surface area (Å²) in [6.07, 6.45) is 3.71. The van der Waals surface area contributed by atoms with Crippen molar-refractivity contribution in [3.63, 3.8) is 0 Å². The molecule has 0 bridgehead atoms. The lowest BCUT2D eigenvalue weighted by atomic mass is 10.0. The molecule has 11 heteroatoms. The van der Waals surface area contributed by atoms with E-state index in [1.54, 1.807) is 12.1 Å². The van der Waals surface area contributed by atoms with Gasteiger partial charge in [-0.05, 0) is 80.1 Å². The molecule has 2 aromatic rings. The van der Waals surface area contributed by atoms with E-state index in [2.05, 4.69) is 32.3 Å². The summed E-state index contributed by atoms with van der Waals surface area (Å²) in [7, 11) is 0. The average molecular weight is 642 g/mol. The predicted molar refractivity (Wildman–Crippen MR) is 173 cm³/mol. The second-order valence-electron chi connectivity index (χ2n) is 12.2. The van der Waals surface area contributed by atoms with Gasteiger partial charge in [0.15, 0.2) is 5.76 Å². The lowest BCUT2D eigenvalue weighted by Gasteiger charge is -2.39. The van der Waals surface area contributed by atoms with Gasteiger partial charge in [-0.3, -0.25) is 4.79 Å². The number of ether oxygens (including phenoxy) is 2. The van der Waals surface area contributed by atoms with Crippen molar-refractivity contribution in [2.24, 2.45) is 5.92 Å². The van der Waals surface area contributed by atoms with Crippen molar-refractivity contribution in [3.05, 3.63) is 77.8 Å². The van der Waals surface area contributed by atoms with Crippen LogP contribution in [0.5, 0.6) is 5.75 Å². The van der Waals surface area contributed by atoms with Crippen LogP contribution in [0.3, 0.4) is 0 Å². The molecule has 2 amide bonds. The standard InChI is InChI=1S/C32H44FN3O4.C3H4O3/c1-4-28-23-40-32(38)35(28)17-5-16-34-18-14-29(15-19-34)36(21-26-6-10-27(33)11-7-26)31(37)20-25-8-12-30(13-9-25)39-22-24(2)3;1-2(4)3(5)6/h6-13,24,28-29H,4-5,14-23H2,1-3H3;4H,1H2,(H,5,6)/t28-;/m0./s1. The normalized spacial score (nSPS) is 16.8. The third-order valence-electron chi connectivity index (χ3n) is 8.11. The molecule has 2 aromatic carbocycles. The van der Waals surface area contributed by atoms with Crippen LogP contribution in [0.2, 0.25) is 0 Å². The summed E-state index contributed by atoms with van der Waals surface area (Å²) >= 11 is 0. The first-order valence-electron chi connectivity index (χ1n) is 16.0. The van der Waals surface area contributed by atoms with E-state index in [-0.39, 0.29) is 29.9 Å². The molecule has 2 N–H and O–H groups in total. The molecule has 2 saturated heterocycles. The zero-order valence-electron chi connectivity index (χ0n) is 27.2. The molecule has 0 unspecified atom stereocenters. The van der Waals surface area contributed by atoms with Crippen LogP contribution in [0.15, 0.2) is 60.9 Å². The number of carbonyl (C=O) groups excluding carboxylic acids is 2. The summed E-state index contributed by atoms with van der Waals surface area (Å²) in [5.74, 6) is -1.14. The summed E-state index contributed by atoms with van der Waals surface area (Å²) < 4.78 is 24.5. The number of nitrogens with zero attached hydrogens (tertiary/aromatic N) is 3. The minimum Gasteiger partial charge on any atom is -0.502 e. The first kappa shape index (κ1) is 36.3. The Bertz CT molecular complexity index is 1270. The van der Waals surface area contributed by atoms with E-state index >= 15 is 0 Å². The third-order valence-corrected chi connectivity index (χ3v) is 8.11. The molecule has 2 aliphatic heterocycles. The van der Waals surface area contributed by atoms with E-state index in [4.69, 9.17) is 19.7 Å². The summed E-state index contributed by atoms with van der Waals surface area (Å²) in [6, 6.07) is 14.5. The fraction of sp³-hybridized carbons (Fsp3) is 0.514. The third kappa shape index (κ3) is 11.7. The molecule has 0 aliphatic carbocycles. The van der Waals surface area contributed by atoms with Crippen molar-refractivity contribution >= 4 is 18.0 Å². The number of likely N-dealkylation sites (tertiary alicyclic amines) is 1. The molecular weight excluding hydrogens is 593 g/mol. The van der Waals surface area contributed by atoms with Crippen LogP contribution in [0.1, 0.15) is 57.6 Å². The number of carboxylic acid groups (broad SMARTS) is 1. The molecule has 0 saturated carbocycles. The summed E-state index contributed by atoms with van der Waals surface area (Å²) in [5, 5.41) is 15.5. The SMILES string of the molecule is C=C(O)C(=O)O.CC[C@H]1COC(=O)N1CCCN1CCC(N(Cc2ccc(F)cc2)C(=O)Cc2ccc(OCC(C)C)cc2)CC1. The smallest absolute Gasteiger partial charge is 0.410 e. The number of carboxylic acids is 1. The van der Waals surface area contributed by atoms with Crippen LogP contribution < -0.4 is 4.74 Å². The number of aliphatic hydroxyl groups excluding tert-OH is 1. The van der Waals surface area contributed by atoms with Gasteiger partial charge in [-0.1, -0.05) is 45.0 Å². The highest BCUT2D eigenvalue weighted by Crippen LogP contribution is 2.23. The number of piperidine rings is 1. The van der Waals surface area contributed by atoms with E-state index in [0.717, 1.165) is 62.2 Å². The van der Waals surface area contributed by atoms with Gasteiger partial charge in [-0.2, -0.15) is 0 Å².